The van der Waals surface area contributed by atoms with Crippen molar-refractivity contribution in [3.63, 3.8) is 0 Å². The van der Waals surface area contributed by atoms with E-state index in [-0.39, 0.29) is 6.10 Å². The fourth-order valence-electron chi connectivity index (χ4n) is 1.76. The highest BCUT2D eigenvalue weighted by atomic mass is 16.5. The average Bonchev–Trinajstić information content (AvgIpc) is 2.34. The van der Waals surface area contributed by atoms with Gasteiger partial charge in [-0.1, -0.05) is 13.8 Å². The monoisotopic (exact) mass is 265 g/mol. The molecule has 0 aliphatic carbocycles. The summed E-state index contributed by atoms with van der Waals surface area (Å²) in [6.07, 6.45) is 1.97. The Morgan fingerprint density at radius 3 is 2.68 bits per heavy atom. The van der Waals surface area contributed by atoms with E-state index in [9.17, 15) is 0 Å². The van der Waals surface area contributed by atoms with E-state index in [4.69, 9.17) is 4.74 Å². The van der Waals surface area contributed by atoms with Crippen molar-refractivity contribution in [2.75, 3.05) is 31.6 Å². The minimum Gasteiger partial charge on any atom is -0.487 e. The Kier molecular flexibility index (Phi) is 6.64. The van der Waals surface area contributed by atoms with Gasteiger partial charge in [0.05, 0.1) is 6.10 Å². The highest BCUT2D eigenvalue weighted by molar-refractivity contribution is 5.51. The van der Waals surface area contributed by atoms with E-state index in [0.29, 0.717) is 5.92 Å². The molecule has 1 heterocycles. The fourth-order valence-corrected chi connectivity index (χ4v) is 1.76. The number of anilines is 1. The number of pyridine rings is 1. The average molecular weight is 265 g/mol. The van der Waals surface area contributed by atoms with Gasteiger partial charge in [0.15, 0.2) is 11.6 Å². The maximum Gasteiger partial charge on any atom is 0.171 e. The van der Waals surface area contributed by atoms with Crippen LogP contribution in [-0.2, 0) is 0 Å². The van der Waals surface area contributed by atoms with Crippen LogP contribution in [-0.4, -0.2) is 37.8 Å². The second-order valence-electron chi connectivity index (χ2n) is 5.51. The smallest absolute Gasteiger partial charge is 0.171 e. The first-order valence-corrected chi connectivity index (χ1v) is 7.04. The van der Waals surface area contributed by atoms with Gasteiger partial charge < -0.3 is 15.0 Å². The third-order valence-electron chi connectivity index (χ3n) is 2.65. The van der Waals surface area contributed by atoms with Crippen molar-refractivity contribution in [1.82, 2.24) is 10.3 Å². The van der Waals surface area contributed by atoms with E-state index >= 15 is 0 Å². The number of rotatable bonds is 8. The maximum atomic E-state index is 5.79. The second kappa shape index (κ2) is 8.00. The largest absolute Gasteiger partial charge is 0.487 e. The van der Waals surface area contributed by atoms with Crippen LogP contribution in [0.15, 0.2) is 18.3 Å². The molecule has 1 N–H and O–H groups in total. The zero-order valence-corrected chi connectivity index (χ0v) is 12.8. The minimum absolute atomic E-state index is 0.162. The van der Waals surface area contributed by atoms with Crippen molar-refractivity contribution in [3.05, 3.63) is 18.3 Å². The maximum absolute atomic E-state index is 5.79. The van der Waals surface area contributed by atoms with Gasteiger partial charge in [0, 0.05) is 26.3 Å². The molecule has 0 fully saturated rings. The molecule has 0 aromatic carbocycles. The van der Waals surface area contributed by atoms with Crippen molar-refractivity contribution in [2.45, 2.75) is 33.8 Å². The molecule has 0 aliphatic heterocycles. The van der Waals surface area contributed by atoms with Gasteiger partial charge in [0.1, 0.15) is 0 Å². The molecule has 4 nitrogen and oxygen atoms in total. The van der Waals surface area contributed by atoms with E-state index in [1.165, 1.54) is 0 Å². The summed E-state index contributed by atoms with van der Waals surface area (Å²) < 4.78 is 5.79. The molecular formula is C15H27N3O. The first-order chi connectivity index (χ1) is 9.00. The van der Waals surface area contributed by atoms with Gasteiger partial charge in [-0.3, -0.25) is 0 Å². The molecule has 0 radical (unpaired) electrons. The summed E-state index contributed by atoms with van der Waals surface area (Å²) in [6.45, 7) is 11.4. The van der Waals surface area contributed by atoms with Gasteiger partial charge >= 0.3 is 0 Å². The Hall–Kier alpha value is -1.29. The Labute approximate surface area is 117 Å². The number of likely N-dealkylation sites (N-methyl/N-ethyl adjacent to an activating group) is 1. The molecule has 0 unspecified atom stereocenters. The molecule has 0 saturated carbocycles. The molecule has 4 heteroatoms. The van der Waals surface area contributed by atoms with Gasteiger partial charge in [-0.15, -0.1) is 0 Å². The Bertz CT molecular complexity index is 366. The van der Waals surface area contributed by atoms with E-state index in [0.717, 1.165) is 31.2 Å². The lowest BCUT2D eigenvalue weighted by Crippen LogP contribution is -2.31. The Morgan fingerprint density at radius 2 is 2.05 bits per heavy atom. The number of ether oxygens (including phenoxy) is 1. The second-order valence-corrected chi connectivity index (χ2v) is 5.51. The van der Waals surface area contributed by atoms with Crippen LogP contribution in [0.2, 0.25) is 0 Å². The van der Waals surface area contributed by atoms with Crippen LogP contribution >= 0.6 is 0 Å². The fraction of sp³-hybridized carbons (Fsp3) is 0.667. The molecule has 0 saturated heterocycles. The summed E-state index contributed by atoms with van der Waals surface area (Å²) in [7, 11) is 2.05. The van der Waals surface area contributed by atoms with Crippen LogP contribution in [0.3, 0.4) is 0 Å². The summed E-state index contributed by atoms with van der Waals surface area (Å²) in [4.78, 5) is 6.55. The molecule has 1 aromatic rings. The topological polar surface area (TPSA) is 37.4 Å². The highest BCUT2D eigenvalue weighted by Crippen LogP contribution is 2.24. The lowest BCUT2D eigenvalue weighted by molar-refractivity contribution is 0.242. The standard InChI is InChI=1S/C15H27N3O/c1-12(2)11-16-9-10-18(5)15-14(19-13(3)4)7-6-8-17-15/h6-8,12-13,16H,9-11H2,1-5H3. The van der Waals surface area contributed by atoms with Crippen molar-refractivity contribution in [3.8, 4) is 5.75 Å². The van der Waals surface area contributed by atoms with Crippen LogP contribution in [0, 0.1) is 5.92 Å². The SMILES string of the molecule is CC(C)CNCCN(C)c1ncccc1OC(C)C. The number of nitrogens with zero attached hydrogens (tertiary/aromatic N) is 2. The normalized spacial score (nSPS) is 11.1. The third-order valence-corrected chi connectivity index (χ3v) is 2.65. The van der Waals surface area contributed by atoms with Crippen LogP contribution in [0.5, 0.6) is 5.75 Å². The Balaban J connectivity index is 2.53. The van der Waals surface area contributed by atoms with Gasteiger partial charge in [0.2, 0.25) is 0 Å². The molecule has 0 amide bonds. The predicted octanol–water partition coefficient (Wildman–Crippen LogP) is 2.55. The molecule has 0 spiro atoms. The third kappa shape index (κ3) is 5.92. The van der Waals surface area contributed by atoms with Gasteiger partial charge in [0.25, 0.3) is 0 Å². The summed E-state index contributed by atoms with van der Waals surface area (Å²) in [5.41, 5.74) is 0. The number of hydrogen-bond donors (Lipinski definition) is 1. The molecule has 1 rings (SSSR count). The van der Waals surface area contributed by atoms with Crippen LogP contribution in [0.1, 0.15) is 27.7 Å². The van der Waals surface area contributed by atoms with Gasteiger partial charge in [-0.2, -0.15) is 0 Å². The summed E-state index contributed by atoms with van der Waals surface area (Å²) in [6, 6.07) is 3.88. The molecule has 0 aliphatic rings. The molecular weight excluding hydrogens is 238 g/mol. The minimum atomic E-state index is 0.162. The van der Waals surface area contributed by atoms with Gasteiger partial charge in [-0.25, -0.2) is 4.98 Å². The lowest BCUT2D eigenvalue weighted by atomic mass is 10.2. The summed E-state index contributed by atoms with van der Waals surface area (Å²) in [5.74, 6) is 2.44. The molecule has 1 aromatic heterocycles. The summed E-state index contributed by atoms with van der Waals surface area (Å²) in [5, 5.41) is 3.44. The van der Waals surface area contributed by atoms with E-state index in [2.05, 4.69) is 29.0 Å². The number of hydrogen-bond acceptors (Lipinski definition) is 4. The molecule has 19 heavy (non-hydrogen) atoms. The van der Waals surface area contributed by atoms with Crippen LogP contribution in [0.25, 0.3) is 0 Å². The highest BCUT2D eigenvalue weighted by Gasteiger charge is 2.10. The predicted molar refractivity (Wildman–Crippen MR) is 81.0 cm³/mol. The zero-order valence-electron chi connectivity index (χ0n) is 12.8. The van der Waals surface area contributed by atoms with E-state index in [1.54, 1.807) is 6.20 Å². The first kappa shape index (κ1) is 15.8. The lowest BCUT2D eigenvalue weighted by Gasteiger charge is -2.22. The van der Waals surface area contributed by atoms with Crippen molar-refractivity contribution in [2.24, 2.45) is 5.92 Å². The first-order valence-electron chi connectivity index (χ1n) is 7.04. The van der Waals surface area contributed by atoms with E-state index < -0.39 is 0 Å². The van der Waals surface area contributed by atoms with Gasteiger partial charge in [-0.05, 0) is 38.4 Å². The molecule has 0 atom stereocenters. The van der Waals surface area contributed by atoms with Crippen LogP contribution in [0.4, 0.5) is 5.82 Å². The summed E-state index contributed by atoms with van der Waals surface area (Å²) >= 11 is 0. The van der Waals surface area contributed by atoms with Crippen molar-refractivity contribution < 1.29 is 4.74 Å². The number of nitrogens with one attached hydrogen (secondary N) is 1. The van der Waals surface area contributed by atoms with Crippen LogP contribution < -0.4 is 15.0 Å². The zero-order chi connectivity index (χ0) is 14.3. The number of aromatic nitrogens is 1. The molecule has 108 valence electrons. The quantitative estimate of drug-likeness (QED) is 0.733. The molecule has 0 bridgehead atoms. The Morgan fingerprint density at radius 1 is 1.32 bits per heavy atom. The van der Waals surface area contributed by atoms with Crippen molar-refractivity contribution >= 4 is 5.82 Å². The van der Waals surface area contributed by atoms with E-state index in [1.807, 2.05) is 33.0 Å². The van der Waals surface area contributed by atoms with Crippen molar-refractivity contribution in [1.29, 1.82) is 0 Å².